The number of hydrogen-bond donors (Lipinski definition) is 2. The van der Waals surface area contributed by atoms with Crippen LogP contribution in [0.15, 0.2) is 48.5 Å². The van der Waals surface area contributed by atoms with Gasteiger partial charge in [0.2, 0.25) is 11.8 Å². The Kier molecular flexibility index (Phi) is 8.04. The summed E-state index contributed by atoms with van der Waals surface area (Å²) in [6.07, 6.45) is -4.57. The van der Waals surface area contributed by atoms with Crippen molar-refractivity contribution in [1.82, 2.24) is 10.2 Å². The van der Waals surface area contributed by atoms with Gasteiger partial charge in [-0.25, -0.2) is 0 Å². The molecule has 0 atom stereocenters. The zero-order chi connectivity index (χ0) is 21.4. The van der Waals surface area contributed by atoms with Gasteiger partial charge in [-0.2, -0.15) is 13.2 Å². The molecule has 2 amide bonds. The molecule has 0 spiro atoms. The topological polar surface area (TPSA) is 61.4 Å². The summed E-state index contributed by atoms with van der Waals surface area (Å²) in [6.45, 7) is 2.13. The molecule has 2 N–H and O–H groups in total. The maximum atomic E-state index is 13.0. The van der Waals surface area contributed by atoms with E-state index in [1.807, 2.05) is 6.07 Å². The fourth-order valence-corrected chi connectivity index (χ4v) is 2.83. The highest BCUT2D eigenvalue weighted by molar-refractivity contribution is 6.30. The number of benzene rings is 2. The lowest BCUT2D eigenvalue weighted by molar-refractivity contribution is -0.137. The van der Waals surface area contributed by atoms with E-state index in [2.05, 4.69) is 10.6 Å². The largest absolute Gasteiger partial charge is 0.418 e. The van der Waals surface area contributed by atoms with Crippen LogP contribution in [0.25, 0.3) is 0 Å². The van der Waals surface area contributed by atoms with Crippen molar-refractivity contribution >= 4 is 29.1 Å². The Labute approximate surface area is 171 Å². The van der Waals surface area contributed by atoms with Crippen molar-refractivity contribution in [3.05, 3.63) is 64.7 Å². The number of nitrogens with one attached hydrogen (secondary N) is 2. The molecule has 0 heterocycles. The smallest absolute Gasteiger partial charge is 0.351 e. The fourth-order valence-electron chi connectivity index (χ4n) is 2.62. The van der Waals surface area contributed by atoms with E-state index >= 15 is 0 Å². The number of hydrogen-bond acceptors (Lipinski definition) is 3. The van der Waals surface area contributed by atoms with Crippen molar-refractivity contribution in [3.63, 3.8) is 0 Å². The second kappa shape index (κ2) is 10.3. The minimum Gasteiger partial charge on any atom is -0.351 e. The molecule has 156 valence electrons. The van der Waals surface area contributed by atoms with Gasteiger partial charge in [0.1, 0.15) is 0 Å². The molecule has 0 unspecified atom stereocenters. The van der Waals surface area contributed by atoms with Crippen molar-refractivity contribution in [2.24, 2.45) is 0 Å². The molecule has 0 aromatic heterocycles. The van der Waals surface area contributed by atoms with Gasteiger partial charge in [0, 0.05) is 11.6 Å². The highest BCUT2D eigenvalue weighted by Crippen LogP contribution is 2.34. The third-order valence-electron chi connectivity index (χ3n) is 4.07. The number of amides is 2. The van der Waals surface area contributed by atoms with Crippen LogP contribution >= 0.6 is 11.6 Å². The lowest BCUT2D eigenvalue weighted by Crippen LogP contribution is -2.41. The fraction of sp³-hybridized carbons (Fsp3) is 0.300. The first kappa shape index (κ1) is 22.7. The number of halogens is 4. The predicted molar refractivity (Wildman–Crippen MR) is 105 cm³/mol. The molecular formula is C20H21ClF3N3O2. The molecule has 0 aliphatic rings. The first-order valence-corrected chi connectivity index (χ1v) is 9.26. The highest BCUT2D eigenvalue weighted by atomic mass is 35.5. The molecular weight excluding hydrogens is 407 g/mol. The Hall–Kier alpha value is -2.58. The maximum absolute atomic E-state index is 13.0. The maximum Gasteiger partial charge on any atom is 0.418 e. The van der Waals surface area contributed by atoms with Gasteiger partial charge in [0.15, 0.2) is 0 Å². The Balaban J connectivity index is 1.89. The van der Waals surface area contributed by atoms with E-state index in [1.165, 1.54) is 23.1 Å². The molecule has 5 nitrogen and oxygen atoms in total. The van der Waals surface area contributed by atoms with E-state index in [9.17, 15) is 22.8 Å². The van der Waals surface area contributed by atoms with Gasteiger partial charge in [-0.15, -0.1) is 0 Å². The van der Waals surface area contributed by atoms with Gasteiger partial charge in [-0.05, 0) is 36.4 Å². The SMILES string of the molecule is CCN(CC(=O)NCc1cccc(Cl)c1)CC(=O)Nc1ccccc1C(F)(F)F. The number of nitrogens with zero attached hydrogens (tertiary/aromatic N) is 1. The number of para-hydroxylation sites is 1. The number of likely N-dealkylation sites (N-methyl/N-ethyl adjacent to an activating group) is 1. The van der Waals surface area contributed by atoms with Gasteiger partial charge in [0.05, 0.1) is 24.3 Å². The summed E-state index contributed by atoms with van der Waals surface area (Å²) in [4.78, 5) is 25.8. The van der Waals surface area contributed by atoms with E-state index < -0.39 is 17.6 Å². The first-order valence-electron chi connectivity index (χ1n) is 8.88. The average molecular weight is 428 g/mol. The minimum absolute atomic E-state index is 0.0641. The van der Waals surface area contributed by atoms with Crippen LogP contribution in [0.3, 0.4) is 0 Å². The first-order chi connectivity index (χ1) is 13.7. The van der Waals surface area contributed by atoms with Crippen molar-refractivity contribution < 1.29 is 22.8 Å². The quantitative estimate of drug-likeness (QED) is 0.671. The van der Waals surface area contributed by atoms with Gasteiger partial charge in [0.25, 0.3) is 0 Å². The van der Waals surface area contributed by atoms with E-state index in [4.69, 9.17) is 11.6 Å². The summed E-state index contributed by atoms with van der Waals surface area (Å²) in [7, 11) is 0. The predicted octanol–water partition coefficient (Wildman–Crippen LogP) is 3.94. The molecule has 2 aromatic carbocycles. The number of anilines is 1. The van der Waals surface area contributed by atoms with Crippen LogP contribution < -0.4 is 10.6 Å². The monoisotopic (exact) mass is 427 g/mol. The van der Waals surface area contributed by atoms with Crippen LogP contribution in [-0.4, -0.2) is 36.3 Å². The number of carbonyl (C=O) groups excluding carboxylic acids is 2. The van der Waals surface area contributed by atoms with Crippen LogP contribution in [0.1, 0.15) is 18.1 Å². The molecule has 0 aliphatic heterocycles. The van der Waals surface area contributed by atoms with Crippen LogP contribution in [0.2, 0.25) is 5.02 Å². The van der Waals surface area contributed by atoms with Crippen LogP contribution in [0.4, 0.5) is 18.9 Å². The molecule has 0 saturated carbocycles. The van der Waals surface area contributed by atoms with Crippen LogP contribution in [0, 0.1) is 0 Å². The molecule has 0 radical (unpaired) electrons. The minimum atomic E-state index is -4.57. The summed E-state index contributed by atoms with van der Waals surface area (Å²) in [6, 6.07) is 11.8. The molecule has 0 bridgehead atoms. The molecule has 0 fully saturated rings. The normalized spacial score (nSPS) is 11.4. The Morgan fingerprint density at radius 3 is 2.38 bits per heavy atom. The third kappa shape index (κ3) is 7.40. The lowest BCUT2D eigenvalue weighted by Gasteiger charge is -2.20. The summed E-state index contributed by atoms with van der Waals surface area (Å²) in [5.74, 6) is -0.943. The van der Waals surface area contributed by atoms with E-state index in [0.717, 1.165) is 11.6 Å². The van der Waals surface area contributed by atoms with Gasteiger partial charge in [-0.3, -0.25) is 14.5 Å². The summed E-state index contributed by atoms with van der Waals surface area (Å²) in [5.41, 5.74) is -0.405. The highest BCUT2D eigenvalue weighted by Gasteiger charge is 2.33. The molecule has 2 aromatic rings. The molecule has 9 heteroatoms. The van der Waals surface area contributed by atoms with E-state index in [1.54, 1.807) is 25.1 Å². The zero-order valence-electron chi connectivity index (χ0n) is 15.7. The van der Waals surface area contributed by atoms with Crippen molar-refractivity contribution in [2.75, 3.05) is 25.0 Å². The van der Waals surface area contributed by atoms with Crippen molar-refractivity contribution in [1.29, 1.82) is 0 Å². The molecule has 0 saturated heterocycles. The van der Waals surface area contributed by atoms with Crippen LogP contribution in [0.5, 0.6) is 0 Å². The Bertz CT molecular complexity index is 859. The molecule has 29 heavy (non-hydrogen) atoms. The summed E-state index contributed by atoms with van der Waals surface area (Å²) in [5, 5.41) is 5.55. The third-order valence-corrected chi connectivity index (χ3v) is 4.30. The van der Waals surface area contributed by atoms with Crippen molar-refractivity contribution in [3.8, 4) is 0 Å². The lowest BCUT2D eigenvalue weighted by atomic mass is 10.1. The zero-order valence-corrected chi connectivity index (χ0v) is 16.5. The Morgan fingerprint density at radius 2 is 1.72 bits per heavy atom. The molecule has 2 rings (SSSR count). The van der Waals surface area contributed by atoms with Crippen LogP contribution in [-0.2, 0) is 22.3 Å². The molecule has 0 aliphatic carbocycles. The number of alkyl halides is 3. The van der Waals surface area contributed by atoms with Gasteiger partial charge < -0.3 is 10.6 Å². The standard InChI is InChI=1S/C20H21ClF3N3O2/c1-2-27(12-18(28)25-11-14-6-5-7-15(21)10-14)13-19(29)26-17-9-4-3-8-16(17)20(22,23)24/h3-10H,2,11-13H2,1H3,(H,25,28)(H,26,29). The second-order valence-corrected chi connectivity index (χ2v) is 6.74. The van der Waals surface area contributed by atoms with Gasteiger partial charge >= 0.3 is 6.18 Å². The van der Waals surface area contributed by atoms with Gasteiger partial charge in [-0.1, -0.05) is 42.8 Å². The Morgan fingerprint density at radius 1 is 1.03 bits per heavy atom. The van der Waals surface area contributed by atoms with E-state index in [-0.39, 0.29) is 31.2 Å². The average Bonchev–Trinajstić information content (AvgIpc) is 2.65. The number of rotatable bonds is 8. The van der Waals surface area contributed by atoms with Crippen molar-refractivity contribution in [2.45, 2.75) is 19.6 Å². The second-order valence-electron chi connectivity index (χ2n) is 6.30. The summed E-state index contributed by atoms with van der Waals surface area (Å²) < 4.78 is 39.1. The number of carbonyl (C=O) groups is 2. The summed E-state index contributed by atoms with van der Waals surface area (Å²) >= 11 is 5.89. The van der Waals surface area contributed by atoms with E-state index in [0.29, 0.717) is 11.6 Å².